The van der Waals surface area contributed by atoms with E-state index >= 15 is 0 Å². The summed E-state index contributed by atoms with van der Waals surface area (Å²) in [5.41, 5.74) is 0. The average molecular weight is 320 g/mol. The smallest absolute Gasteiger partial charge is 0.248 e. The molecule has 128 valence electrons. The Morgan fingerprint density at radius 2 is 2.09 bits per heavy atom. The summed E-state index contributed by atoms with van der Waals surface area (Å²) < 4.78 is 5.40. The summed E-state index contributed by atoms with van der Waals surface area (Å²) in [7, 11) is 0. The first-order valence-electron chi connectivity index (χ1n) is 9.00. The van der Waals surface area contributed by atoms with Crippen LogP contribution < -0.4 is 10.6 Å². The van der Waals surface area contributed by atoms with Crippen LogP contribution in [-0.2, 0) is 4.79 Å². The molecule has 2 heterocycles. The van der Waals surface area contributed by atoms with Crippen molar-refractivity contribution in [2.45, 2.75) is 76.8 Å². The lowest BCUT2D eigenvalue weighted by molar-refractivity contribution is -0.126. The molecule has 0 spiro atoms. The van der Waals surface area contributed by atoms with E-state index in [0.717, 1.165) is 38.1 Å². The third-order valence-corrected chi connectivity index (χ3v) is 5.15. The second-order valence-electron chi connectivity index (χ2n) is 7.13. The van der Waals surface area contributed by atoms with Crippen LogP contribution in [0.2, 0.25) is 0 Å². The Morgan fingerprint density at radius 1 is 1.30 bits per heavy atom. The van der Waals surface area contributed by atoms with Crippen molar-refractivity contribution >= 4 is 5.91 Å². The Labute approximate surface area is 137 Å². The van der Waals surface area contributed by atoms with Gasteiger partial charge in [0.05, 0.1) is 0 Å². The first-order chi connectivity index (χ1) is 11.1. The summed E-state index contributed by atoms with van der Waals surface area (Å²) in [5.74, 6) is 1.95. The van der Waals surface area contributed by atoms with Gasteiger partial charge in [-0.15, -0.1) is 0 Å². The molecule has 1 amide bonds. The Bertz CT molecular complexity index is 524. The number of aromatic nitrogens is 2. The fraction of sp³-hybridized carbons (Fsp3) is 0.824. The number of nitrogens with zero attached hydrogens (tertiary/aromatic N) is 2. The molecule has 6 nitrogen and oxygen atoms in total. The van der Waals surface area contributed by atoms with Gasteiger partial charge in [0.15, 0.2) is 5.82 Å². The molecule has 1 aromatic heterocycles. The van der Waals surface area contributed by atoms with Gasteiger partial charge in [-0.05, 0) is 46.1 Å². The van der Waals surface area contributed by atoms with Crippen LogP contribution in [0.5, 0.6) is 0 Å². The maximum absolute atomic E-state index is 12.4. The predicted molar refractivity (Wildman–Crippen MR) is 86.9 cm³/mol. The monoisotopic (exact) mass is 320 g/mol. The van der Waals surface area contributed by atoms with Crippen LogP contribution >= 0.6 is 0 Å². The number of carbonyl (C=O) groups excluding carboxylic acids is 1. The van der Waals surface area contributed by atoms with Crippen molar-refractivity contribution in [1.29, 1.82) is 0 Å². The highest BCUT2D eigenvalue weighted by Gasteiger charge is 2.28. The minimum absolute atomic E-state index is 0.0782. The average Bonchev–Trinajstić information content (AvgIpc) is 3.06. The van der Waals surface area contributed by atoms with Gasteiger partial charge in [0, 0.05) is 17.9 Å². The van der Waals surface area contributed by atoms with Crippen LogP contribution in [0.3, 0.4) is 0 Å². The molecule has 1 aliphatic carbocycles. The van der Waals surface area contributed by atoms with Gasteiger partial charge in [0.1, 0.15) is 6.04 Å². The van der Waals surface area contributed by atoms with E-state index in [1.807, 2.05) is 6.92 Å². The maximum Gasteiger partial charge on any atom is 0.248 e. The van der Waals surface area contributed by atoms with Gasteiger partial charge in [0.25, 0.3) is 0 Å². The number of nitrogens with one attached hydrogen (secondary N) is 2. The van der Waals surface area contributed by atoms with Crippen molar-refractivity contribution in [2.24, 2.45) is 5.92 Å². The van der Waals surface area contributed by atoms with E-state index in [1.165, 1.54) is 19.3 Å². The summed E-state index contributed by atoms with van der Waals surface area (Å²) in [4.78, 5) is 16.9. The molecule has 3 rings (SSSR count). The second-order valence-corrected chi connectivity index (χ2v) is 7.13. The molecule has 6 heteroatoms. The van der Waals surface area contributed by atoms with Crippen molar-refractivity contribution in [3.05, 3.63) is 11.7 Å². The SMILES string of the molecule is CC(NC(=O)[C@H]1CCN[C@@H](C)C1)c1nc(C2CCCCC2)no1. The highest BCUT2D eigenvalue weighted by molar-refractivity contribution is 5.79. The topological polar surface area (TPSA) is 80.0 Å². The Morgan fingerprint density at radius 3 is 2.83 bits per heavy atom. The first-order valence-corrected chi connectivity index (χ1v) is 9.00. The summed E-state index contributed by atoms with van der Waals surface area (Å²) >= 11 is 0. The molecule has 1 aromatic rings. The van der Waals surface area contributed by atoms with Gasteiger partial charge < -0.3 is 15.2 Å². The number of carbonyl (C=O) groups is 1. The van der Waals surface area contributed by atoms with Gasteiger partial charge in [-0.25, -0.2) is 0 Å². The van der Waals surface area contributed by atoms with Gasteiger partial charge in [-0.1, -0.05) is 24.4 Å². The van der Waals surface area contributed by atoms with Crippen LogP contribution in [-0.4, -0.2) is 28.6 Å². The van der Waals surface area contributed by atoms with Crippen molar-refractivity contribution in [3.63, 3.8) is 0 Å². The molecular weight excluding hydrogens is 292 g/mol. The lowest BCUT2D eigenvalue weighted by Gasteiger charge is -2.27. The molecule has 2 aliphatic rings. The third kappa shape index (κ3) is 4.10. The largest absolute Gasteiger partial charge is 0.344 e. The van der Waals surface area contributed by atoms with Gasteiger partial charge >= 0.3 is 0 Å². The van der Waals surface area contributed by atoms with Crippen molar-refractivity contribution in [3.8, 4) is 0 Å². The minimum atomic E-state index is -0.225. The normalized spacial score (nSPS) is 27.6. The van der Waals surface area contributed by atoms with E-state index in [0.29, 0.717) is 17.9 Å². The highest BCUT2D eigenvalue weighted by atomic mass is 16.5. The van der Waals surface area contributed by atoms with Crippen LogP contribution in [0, 0.1) is 5.92 Å². The van der Waals surface area contributed by atoms with E-state index in [1.54, 1.807) is 0 Å². The molecule has 2 N–H and O–H groups in total. The number of piperidine rings is 1. The van der Waals surface area contributed by atoms with Gasteiger partial charge in [-0.3, -0.25) is 4.79 Å². The number of hydrogen-bond donors (Lipinski definition) is 2. The standard InChI is InChI=1S/C17H28N4O2/c1-11-10-14(8-9-18-11)16(22)19-12(2)17-20-15(21-23-17)13-6-4-3-5-7-13/h11-14,18H,3-10H2,1-2H3,(H,19,22)/t11-,12?,14-/m0/s1. The van der Waals surface area contributed by atoms with Crippen LogP contribution in [0.1, 0.15) is 82.5 Å². The molecule has 3 atom stereocenters. The van der Waals surface area contributed by atoms with Gasteiger partial charge in [-0.2, -0.15) is 4.98 Å². The van der Waals surface area contributed by atoms with Crippen LogP contribution in [0.4, 0.5) is 0 Å². The zero-order chi connectivity index (χ0) is 16.2. The van der Waals surface area contributed by atoms with E-state index in [-0.39, 0.29) is 17.9 Å². The van der Waals surface area contributed by atoms with Crippen LogP contribution in [0.15, 0.2) is 4.52 Å². The second kappa shape index (κ2) is 7.43. The molecule has 0 aromatic carbocycles. The summed E-state index contributed by atoms with van der Waals surface area (Å²) in [6.07, 6.45) is 7.86. The third-order valence-electron chi connectivity index (χ3n) is 5.15. The van der Waals surface area contributed by atoms with Crippen molar-refractivity contribution < 1.29 is 9.32 Å². The highest BCUT2D eigenvalue weighted by Crippen LogP contribution is 2.31. The number of amides is 1. The quantitative estimate of drug-likeness (QED) is 0.891. The Kier molecular flexibility index (Phi) is 5.30. The summed E-state index contributed by atoms with van der Waals surface area (Å²) in [6.45, 7) is 4.94. The number of hydrogen-bond acceptors (Lipinski definition) is 5. The minimum Gasteiger partial charge on any atom is -0.344 e. The molecule has 1 saturated carbocycles. The predicted octanol–water partition coefficient (Wildman–Crippen LogP) is 2.68. The molecule has 1 unspecified atom stereocenters. The lowest BCUT2D eigenvalue weighted by Crippen LogP contribution is -2.43. The molecule has 23 heavy (non-hydrogen) atoms. The lowest BCUT2D eigenvalue weighted by atomic mass is 9.89. The first kappa shape index (κ1) is 16.4. The Hall–Kier alpha value is -1.43. The van der Waals surface area contributed by atoms with E-state index in [2.05, 4.69) is 27.7 Å². The zero-order valence-corrected chi connectivity index (χ0v) is 14.2. The molecule has 1 aliphatic heterocycles. The zero-order valence-electron chi connectivity index (χ0n) is 14.2. The summed E-state index contributed by atoms with van der Waals surface area (Å²) in [6, 6.07) is 0.175. The molecule has 0 bridgehead atoms. The molecule has 0 radical (unpaired) electrons. The van der Waals surface area contributed by atoms with Crippen LogP contribution in [0.25, 0.3) is 0 Å². The number of rotatable bonds is 4. The van der Waals surface area contributed by atoms with E-state index < -0.39 is 0 Å². The Balaban J connectivity index is 1.56. The fourth-order valence-electron chi connectivity index (χ4n) is 3.71. The van der Waals surface area contributed by atoms with Crippen molar-refractivity contribution in [2.75, 3.05) is 6.54 Å². The van der Waals surface area contributed by atoms with E-state index in [9.17, 15) is 4.79 Å². The molecule has 1 saturated heterocycles. The molecule has 2 fully saturated rings. The van der Waals surface area contributed by atoms with Gasteiger partial charge in [0.2, 0.25) is 11.8 Å². The maximum atomic E-state index is 12.4. The van der Waals surface area contributed by atoms with Crippen molar-refractivity contribution in [1.82, 2.24) is 20.8 Å². The summed E-state index contributed by atoms with van der Waals surface area (Å²) in [5, 5.41) is 10.6. The van der Waals surface area contributed by atoms with E-state index in [4.69, 9.17) is 4.52 Å². The fourth-order valence-corrected chi connectivity index (χ4v) is 3.71. The molecular formula is C17H28N4O2.